The van der Waals surface area contributed by atoms with Crippen LogP contribution < -0.4 is 11.1 Å². The summed E-state index contributed by atoms with van der Waals surface area (Å²) in [5.41, 5.74) is 5.82. The molecule has 0 saturated carbocycles. The molecule has 3 N–H and O–H groups in total. The highest BCUT2D eigenvalue weighted by atomic mass is 32.2. The van der Waals surface area contributed by atoms with Crippen LogP contribution in [0.2, 0.25) is 0 Å². The smallest absolute Gasteiger partial charge is 0.177 e. The van der Waals surface area contributed by atoms with E-state index in [4.69, 9.17) is 5.73 Å². The molecule has 19 heavy (non-hydrogen) atoms. The number of nitrogens with two attached hydrogens (primary N) is 1. The van der Waals surface area contributed by atoms with Crippen molar-refractivity contribution in [2.24, 2.45) is 5.73 Å². The fraction of sp³-hybridized carbons (Fsp3) is 0.455. The summed E-state index contributed by atoms with van der Waals surface area (Å²) < 4.78 is 46.4. The number of rotatable bonds is 5. The Bertz CT molecular complexity index is 666. The third-order valence-corrected chi connectivity index (χ3v) is 4.78. The van der Waals surface area contributed by atoms with Crippen molar-refractivity contribution >= 4 is 25.4 Å². The van der Waals surface area contributed by atoms with E-state index in [0.717, 1.165) is 18.6 Å². The Kier molecular flexibility index (Phi) is 4.59. The third kappa shape index (κ3) is 4.19. The number of sulfone groups is 2. The second-order valence-corrected chi connectivity index (χ2v) is 8.48. The molecule has 0 aromatic heterocycles. The van der Waals surface area contributed by atoms with Crippen LogP contribution in [0.15, 0.2) is 28.0 Å². The molecule has 0 aliphatic heterocycles. The van der Waals surface area contributed by atoms with Crippen LogP contribution in [-0.4, -0.2) is 41.9 Å². The Morgan fingerprint density at radius 3 is 2.16 bits per heavy atom. The minimum Gasteiger partial charge on any atom is -0.380 e. The van der Waals surface area contributed by atoms with Gasteiger partial charge in [-0.2, -0.15) is 0 Å². The number of hydrogen-bond acceptors (Lipinski definition) is 6. The van der Waals surface area contributed by atoms with Gasteiger partial charge in [-0.25, -0.2) is 16.8 Å². The number of benzene rings is 1. The number of nitrogens with one attached hydrogen (secondary N) is 1. The molecule has 0 aliphatic carbocycles. The van der Waals surface area contributed by atoms with Crippen LogP contribution in [0.3, 0.4) is 0 Å². The first-order chi connectivity index (χ1) is 8.55. The molecule has 6 nitrogen and oxygen atoms in total. The molecular weight excluding hydrogens is 288 g/mol. The zero-order chi connectivity index (χ0) is 14.8. The average molecular weight is 306 g/mol. The summed E-state index contributed by atoms with van der Waals surface area (Å²) in [7, 11) is -6.99. The number of hydrogen-bond donors (Lipinski definition) is 2. The summed E-state index contributed by atoms with van der Waals surface area (Å²) in [5.74, 6) is 0. The molecule has 0 spiro atoms. The molecule has 1 aromatic carbocycles. The van der Waals surface area contributed by atoms with Crippen LogP contribution in [0.4, 0.5) is 5.69 Å². The highest BCUT2D eigenvalue weighted by molar-refractivity contribution is 7.91. The summed E-state index contributed by atoms with van der Waals surface area (Å²) in [5, 5.41) is 2.95. The first kappa shape index (κ1) is 15.9. The molecule has 0 bridgehead atoms. The van der Waals surface area contributed by atoms with Gasteiger partial charge in [0.2, 0.25) is 0 Å². The fourth-order valence-electron chi connectivity index (χ4n) is 1.48. The van der Waals surface area contributed by atoms with Crippen molar-refractivity contribution in [3.8, 4) is 0 Å². The molecule has 108 valence electrons. The SMILES string of the molecule is CC(CN)Nc1ccc(S(C)(=O)=O)cc1S(C)(=O)=O. The molecule has 0 radical (unpaired) electrons. The molecular formula is C11H18N2O4S2. The molecule has 0 saturated heterocycles. The van der Waals surface area contributed by atoms with Gasteiger partial charge in [0.05, 0.1) is 15.5 Å². The zero-order valence-corrected chi connectivity index (χ0v) is 12.7. The van der Waals surface area contributed by atoms with Gasteiger partial charge in [0.25, 0.3) is 0 Å². The van der Waals surface area contributed by atoms with Gasteiger partial charge in [-0.15, -0.1) is 0 Å². The first-order valence-electron chi connectivity index (χ1n) is 5.56. The summed E-state index contributed by atoms with van der Waals surface area (Å²) in [6.07, 6.45) is 2.07. The van der Waals surface area contributed by atoms with Crippen LogP contribution in [-0.2, 0) is 19.7 Å². The largest absolute Gasteiger partial charge is 0.380 e. The lowest BCUT2D eigenvalue weighted by molar-refractivity contribution is 0.600. The highest BCUT2D eigenvalue weighted by Crippen LogP contribution is 2.25. The van der Waals surface area contributed by atoms with Crippen LogP contribution >= 0.6 is 0 Å². The van der Waals surface area contributed by atoms with Crippen LogP contribution in [0, 0.1) is 0 Å². The molecule has 0 aliphatic rings. The third-order valence-electron chi connectivity index (χ3n) is 2.54. The molecule has 1 aromatic rings. The van der Waals surface area contributed by atoms with Gasteiger partial charge in [-0.3, -0.25) is 0 Å². The second kappa shape index (κ2) is 5.48. The molecule has 0 amide bonds. The first-order valence-corrected chi connectivity index (χ1v) is 9.34. The Hall–Kier alpha value is -1.12. The van der Waals surface area contributed by atoms with E-state index in [1.54, 1.807) is 6.92 Å². The lowest BCUT2D eigenvalue weighted by Crippen LogP contribution is -2.26. The van der Waals surface area contributed by atoms with Gasteiger partial charge >= 0.3 is 0 Å². The predicted octanol–water partition coefficient (Wildman–Crippen LogP) is 0.253. The van der Waals surface area contributed by atoms with E-state index < -0.39 is 19.7 Å². The molecule has 0 fully saturated rings. The van der Waals surface area contributed by atoms with E-state index in [-0.39, 0.29) is 15.8 Å². The predicted molar refractivity (Wildman–Crippen MR) is 74.8 cm³/mol. The van der Waals surface area contributed by atoms with Gasteiger partial charge in [0.1, 0.15) is 0 Å². The maximum atomic E-state index is 11.7. The Morgan fingerprint density at radius 1 is 1.16 bits per heavy atom. The molecule has 1 rings (SSSR count). The highest BCUT2D eigenvalue weighted by Gasteiger charge is 2.18. The summed E-state index contributed by atoms with van der Waals surface area (Å²) in [6.45, 7) is 2.13. The lowest BCUT2D eigenvalue weighted by Gasteiger charge is -2.16. The topological polar surface area (TPSA) is 106 Å². The minimum atomic E-state index is -3.54. The Morgan fingerprint density at radius 2 is 1.74 bits per heavy atom. The van der Waals surface area contributed by atoms with Gasteiger partial charge in [0.15, 0.2) is 19.7 Å². The monoisotopic (exact) mass is 306 g/mol. The molecule has 1 atom stereocenters. The van der Waals surface area contributed by atoms with E-state index in [0.29, 0.717) is 12.2 Å². The second-order valence-electron chi connectivity index (χ2n) is 4.48. The molecule has 1 unspecified atom stereocenters. The van der Waals surface area contributed by atoms with Crippen molar-refractivity contribution in [3.63, 3.8) is 0 Å². The fourth-order valence-corrected chi connectivity index (χ4v) is 3.07. The lowest BCUT2D eigenvalue weighted by atomic mass is 10.2. The standard InChI is InChI=1S/C11H18N2O4S2/c1-8(7-12)13-10-5-4-9(18(2,14)15)6-11(10)19(3,16)17/h4-6,8,13H,7,12H2,1-3H3. The van der Waals surface area contributed by atoms with Gasteiger partial charge < -0.3 is 11.1 Å². The van der Waals surface area contributed by atoms with Crippen molar-refractivity contribution in [1.82, 2.24) is 0 Å². The maximum absolute atomic E-state index is 11.7. The summed E-state index contributed by atoms with van der Waals surface area (Å²) >= 11 is 0. The van der Waals surface area contributed by atoms with Crippen molar-refractivity contribution in [2.45, 2.75) is 22.8 Å². The Balaban J connectivity index is 3.42. The van der Waals surface area contributed by atoms with Crippen LogP contribution in [0.25, 0.3) is 0 Å². The van der Waals surface area contributed by atoms with Crippen molar-refractivity contribution in [2.75, 3.05) is 24.4 Å². The van der Waals surface area contributed by atoms with Crippen molar-refractivity contribution in [1.29, 1.82) is 0 Å². The van der Waals surface area contributed by atoms with Crippen LogP contribution in [0.5, 0.6) is 0 Å². The van der Waals surface area contributed by atoms with E-state index in [2.05, 4.69) is 5.32 Å². The maximum Gasteiger partial charge on any atom is 0.177 e. The van der Waals surface area contributed by atoms with E-state index >= 15 is 0 Å². The van der Waals surface area contributed by atoms with Gasteiger partial charge in [-0.05, 0) is 25.1 Å². The average Bonchev–Trinajstić information content (AvgIpc) is 2.26. The van der Waals surface area contributed by atoms with E-state index in [1.165, 1.54) is 12.1 Å². The normalized spacial score (nSPS) is 14.1. The zero-order valence-electron chi connectivity index (χ0n) is 11.0. The molecule has 0 heterocycles. The summed E-state index contributed by atoms with van der Waals surface area (Å²) in [6, 6.07) is 3.86. The van der Waals surface area contributed by atoms with Gasteiger partial charge in [0, 0.05) is 25.1 Å². The number of anilines is 1. The Labute approximate surface area is 113 Å². The van der Waals surface area contributed by atoms with Crippen molar-refractivity contribution in [3.05, 3.63) is 18.2 Å². The van der Waals surface area contributed by atoms with Gasteiger partial charge in [-0.1, -0.05) is 0 Å². The van der Waals surface area contributed by atoms with Crippen LogP contribution in [0.1, 0.15) is 6.92 Å². The quantitative estimate of drug-likeness (QED) is 0.808. The summed E-state index contributed by atoms with van der Waals surface area (Å²) in [4.78, 5) is -0.0744. The molecule has 8 heteroatoms. The van der Waals surface area contributed by atoms with E-state index in [9.17, 15) is 16.8 Å². The minimum absolute atomic E-state index is 0.0288. The van der Waals surface area contributed by atoms with Crippen molar-refractivity contribution < 1.29 is 16.8 Å². The van der Waals surface area contributed by atoms with E-state index in [1.807, 2.05) is 0 Å².